The normalized spacial score (nSPS) is 19.5. The predicted octanol–water partition coefficient (Wildman–Crippen LogP) is -1.42. The quantitative estimate of drug-likeness (QED) is 0.666. The molecule has 0 saturated carbocycles. The summed E-state index contributed by atoms with van der Waals surface area (Å²) in [5.41, 5.74) is 1.14. The molecule has 0 spiro atoms. The molecule has 0 radical (unpaired) electrons. The molecule has 0 saturated heterocycles. The van der Waals surface area contributed by atoms with Gasteiger partial charge in [0, 0.05) is 19.2 Å². The Kier molecular flexibility index (Phi) is 2.47. The van der Waals surface area contributed by atoms with Gasteiger partial charge in [-0.1, -0.05) is 0 Å². The summed E-state index contributed by atoms with van der Waals surface area (Å²) in [6, 6.07) is -0.518. The van der Waals surface area contributed by atoms with Crippen LogP contribution in [0.3, 0.4) is 0 Å². The van der Waals surface area contributed by atoms with E-state index in [4.69, 9.17) is 0 Å². The molecule has 2 heterocycles. The first kappa shape index (κ1) is 11.1. The summed E-state index contributed by atoms with van der Waals surface area (Å²) in [7, 11) is -1.88. The second kappa shape index (κ2) is 3.56. The number of hydrogen-bond acceptors (Lipinski definition) is 5. The molecule has 0 aliphatic carbocycles. The Morgan fingerprint density at radius 1 is 1.69 bits per heavy atom. The molecule has 16 heavy (non-hydrogen) atoms. The van der Waals surface area contributed by atoms with E-state index in [1.807, 2.05) is 0 Å². The smallest absolute Gasteiger partial charge is 0.251 e. The van der Waals surface area contributed by atoms with E-state index in [1.54, 1.807) is 0 Å². The topological polar surface area (TPSA) is 93.1 Å². The Morgan fingerprint density at radius 3 is 2.94 bits per heavy atom. The first-order valence-electron chi connectivity index (χ1n) is 4.67. The highest BCUT2D eigenvalue weighted by molar-refractivity contribution is 7.89. The summed E-state index contributed by atoms with van der Waals surface area (Å²) in [5, 5.41) is 9.22. The maximum Gasteiger partial charge on any atom is 0.251 e. The van der Waals surface area contributed by atoms with Crippen LogP contribution in [-0.4, -0.2) is 36.8 Å². The van der Waals surface area contributed by atoms with E-state index < -0.39 is 16.1 Å². The van der Waals surface area contributed by atoms with Gasteiger partial charge in [0.05, 0.1) is 18.1 Å². The van der Waals surface area contributed by atoms with Crippen molar-refractivity contribution in [3.8, 4) is 0 Å². The lowest BCUT2D eigenvalue weighted by Gasteiger charge is -2.07. The Bertz CT molecular complexity index is 533. The van der Waals surface area contributed by atoms with Crippen molar-refractivity contribution < 1.29 is 13.2 Å². The molecular formula is C8H12N4O3S. The Hall–Kier alpha value is -1.41. The van der Waals surface area contributed by atoms with Crippen LogP contribution in [0.2, 0.25) is 0 Å². The van der Waals surface area contributed by atoms with Gasteiger partial charge in [-0.15, -0.1) is 0 Å². The minimum Gasteiger partial charge on any atom is -0.358 e. The molecule has 8 heteroatoms. The van der Waals surface area contributed by atoms with Gasteiger partial charge in [0.2, 0.25) is 5.91 Å². The van der Waals surface area contributed by atoms with E-state index in [9.17, 15) is 13.2 Å². The van der Waals surface area contributed by atoms with E-state index in [0.29, 0.717) is 17.8 Å². The molecule has 1 aliphatic heterocycles. The third-order valence-corrected chi connectivity index (χ3v) is 3.42. The number of nitrogens with one attached hydrogen (secondary N) is 2. The Labute approximate surface area is 92.9 Å². The van der Waals surface area contributed by atoms with Gasteiger partial charge in [0.25, 0.3) is 10.0 Å². The average Bonchev–Trinajstić information content (AvgIpc) is 2.73. The highest BCUT2D eigenvalue weighted by Gasteiger charge is 2.32. The summed E-state index contributed by atoms with van der Waals surface area (Å²) >= 11 is 0. The lowest BCUT2D eigenvalue weighted by molar-refractivity contribution is -0.122. The first-order valence-corrected chi connectivity index (χ1v) is 6.52. The highest BCUT2D eigenvalue weighted by atomic mass is 32.2. The van der Waals surface area contributed by atoms with Crippen LogP contribution >= 0.6 is 0 Å². The highest BCUT2D eigenvalue weighted by Crippen LogP contribution is 2.25. The lowest BCUT2D eigenvalue weighted by Crippen LogP contribution is -2.31. The van der Waals surface area contributed by atoms with Crippen LogP contribution in [0, 0.1) is 0 Å². The maximum absolute atomic E-state index is 11.5. The molecule has 1 atom stereocenters. The van der Waals surface area contributed by atoms with Gasteiger partial charge < -0.3 is 5.32 Å². The molecule has 0 bridgehead atoms. The van der Waals surface area contributed by atoms with Crippen molar-refractivity contribution in [2.24, 2.45) is 0 Å². The van der Waals surface area contributed by atoms with Crippen molar-refractivity contribution in [1.82, 2.24) is 19.8 Å². The van der Waals surface area contributed by atoms with E-state index >= 15 is 0 Å². The predicted molar refractivity (Wildman–Crippen MR) is 56.1 cm³/mol. The van der Waals surface area contributed by atoms with Crippen LogP contribution in [0.25, 0.3) is 0 Å². The molecular weight excluding hydrogens is 232 g/mol. The zero-order valence-corrected chi connectivity index (χ0v) is 9.71. The molecule has 1 aliphatic rings. The minimum absolute atomic E-state index is 0.202. The van der Waals surface area contributed by atoms with Crippen LogP contribution in [0.15, 0.2) is 6.20 Å². The fraction of sp³-hybridized carbons (Fsp3) is 0.500. The Morgan fingerprint density at radius 2 is 2.38 bits per heavy atom. The van der Waals surface area contributed by atoms with Gasteiger partial charge in [-0.2, -0.15) is 9.19 Å². The summed E-state index contributed by atoms with van der Waals surface area (Å²) < 4.78 is 23.7. The van der Waals surface area contributed by atoms with Crippen molar-refractivity contribution in [3.63, 3.8) is 0 Å². The van der Waals surface area contributed by atoms with Crippen molar-refractivity contribution >= 4 is 15.9 Å². The average molecular weight is 244 g/mol. The van der Waals surface area contributed by atoms with Crippen LogP contribution in [0.1, 0.15) is 17.3 Å². The third-order valence-electron chi connectivity index (χ3n) is 2.47. The van der Waals surface area contributed by atoms with Crippen molar-refractivity contribution in [3.05, 3.63) is 17.5 Å². The van der Waals surface area contributed by atoms with Gasteiger partial charge in [-0.3, -0.25) is 10.1 Å². The van der Waals surface area contributed by atoms with Crippen molar-refractivity contribution in [2.45, 2.75) is 12.6 Å². The number of carbonyl (C=O) groups excluding carboxylic acids is 1. The van der Waals surface area contributed by atoms with Crippen molar-refractivity contribution in [2.75, 3.05) is 13.3 Å². The molecule has 1 aromatic rings. The van der Waals surface area contributed by atoms with Gasteiger partial charge in [-0.25, -0.2) is 8.42 Å². The number of rotatable bonds is 2. The standard InChI is InChI=1S/C8H12N4O3S/c1-9-8(13)7-5-3-11-12(16(2,14)15)6(5)4-10-7/h3,7,10H,4H2,1-2H3,(H,9,13)/t7-/m1/s1. The van der Waals surface area contributed by atoms with Gasteiger partial charge >= 0.3 is 0 Å². The molecule has 1 amide bonds. The maximum atomic E-state index is 11.5. The van der Waals surface area contributed by atoms with Crippen LogP contribution < -0.4 is 10.6 Å². The van der Waals surface area contributed by atoms with Crippen LogP contribution in [0.4, 0.5) is 0 Å². The number of aromatic nitrogens is 2. The molecule has 2 rings (SSSR count). The molecule has 7 nitrogen and oxygen atoms in total. The van der Waals surface area contributed by atoms with E-state index in [-0.39, 0.29) is 5.91 Å². The first-order chi connectivity index (χ1) is 7.45. The summed E-state index contributed by atoms with van der Waals surface area (Å²) in [6.07, 6.45) is 2.49. The molecule has 0 fully saturated rings. The van der Waals surface area contributed by atoms with Gasteiger partial charge in [0.1, 0.15) is 6.04 Å². The monoisotopic (exact) mass is 244 g/mol. The fourth-order valence-electron chi connectivity index (χ4n) is 1.75. The minimum atomic E-state index is -3.41. The third kappa shape index (κ3) is 1.59. The molecule has 0 unspecified atom stereocenters. The van der Waals surface area contributed by atoms with E-state index in [0.717, 1.165) is 10.3 Å². The number of likely N-dealkylation sites (N-methyl/N-ethyl adjacent to an activating group) is 1. The van der Waals surface area contributed by atoms with Crippen LogP contribution in [0.5, 0.6) is 0 Å². The zero-order chi connectivity index (χ0) is 11.9. The van der Waals surface area contributed by atoms with Gasteiger partial charge in [0.15, 0.2) is 0 Å². The number of amides is 1. The lowest BCUT2D eigenvalue weighted by atomic mass is 10.1. The number of hydrogen-bond donors (Lipinski definition) is 2. The summed E-state index contributed by atoms with van der Waals surface area (Å²) in [6.45, 7) is 0.320. The van der Waals surface area contributed by atoms with Crippen LogP contribution in [-0.2, 0) is 21.4 Å². The second-order valence-corrected chi connectivity index (χ2v) is 5.39. The zero-order valence-electron chi connectivity index (χ0n) is 8.89. The van der Waals surface area contributed by atoms with Crippen molar-refractivity contribution in [1.29, 1.82) is 0 Å². The largest absolute Gasteiger partial charge is 0.358 e. The van der Waals surface area contributed by atoms with E-state index in [1.165, 1.54) is 13.2 Å². The Balaban J connectivity index is 2.45. The molecule has 0 aromatic carbocycles. The molecule has 1 aromatic heterocycles. The number of nitrogens with zero attached hydrogens (tertiary/aromatic N) is 2. The summed E-state index contributed by atoms with van der Waals surface area (Å²) in [5.74, 6) is -0.202. The summed E-state index contributed by atoms with van der Waals surface area (Å²) in [4.78, 5) is 11.5. The molecule has 88 valence electrons. The number of carbonyl (C=O) groups is 1. The fourth-order valence-corrected chi connectivity index (χ4v) is 2.54. The number of fused-ring (bicyclic) bond motifs is 1. The second-order valence-electron chi connectivity index (χ2n) is 3.58. The SMILES string of the molecule is CNC(=O)[C@@H]1NCc2c1cnn2S(C)(=O)=O. The molecule has 2 N–H and O–H groups in total. The van der Waals surface area contributed by atoms with E-state index in [2.05, 4.69) is 15.7 Å². The van der Waals surface area contributed by atoms with Gasteiger partial charge in [-0.05, 0) is 0 Å².